The summed E-state index contributed by atoms with van der Waals surface area (Å²) in [6.07, 6.45) is 0.729. The molecule has 2 aromatic rings. The lowest BCUT2D eigenvalue weighted by Gasteiger charge is -2.14. The van der Waals surface area contributed by atoms with Crippen LogP contribution in [-0.2, 0) is 4.79 Å². The molecule has 0 aliphatic carbocycles. The van der Waals surface area contributed by atoms with Crippen molar-refractivity contribution < 1.29 is 14.3 Å². The van der Waals surface area contributed by atoms with Crippen LogP contribution in [-0.4, -0.2) is 19.3 Å². The van der Waals surface area contributed by atoms with E-state index < -0.39 is 6.04 Å². The van der Waals surface area contributed by atoms with Crippen LogP contribution in [0.4, 0.5) is 0 Å². The van der Waals surface area contributed by atoms with Gasteiger partial charge in [-0.2, -0.15) is 0 Å². The van der Waals surface area contributed by atoms with Crippen LogP contribution in [0.1, 0.15) is 22.0 Å². The average molecular weight is 284 g/mol. The molecule has 2 N–H and O–H groups in total. The van der Waals surface area contributed by atoms with Gasteiger partial charge in [0.25, 0.3) is 5.91 Å². The van der Waals surface area contributed by atoms with Crippen LogP contribution in [0.2, 0.25) is 0 Å². The van der Waals surface area contributed by atoms with E-state index >= 15 is 0 Å². The van der Waals surface area contributed by atoms with Gasteiger partial charge in [0.2, 0.25) is 0 Å². The third-order valence-corrected chi connectivity index (χ3v) is 2.99. The van der Waals surface area contributed by atoms with Crippen LogP contribution in [0, 0.1) is 0 Å². The predicted octanol–water partition coefficient (Wildman–Crippen LogP) is 1.87. The molecule has 0 heterocycles. The van der Waals surface area contributed by atoms with Crippen molar-refractivity contribution in [3.8, 4) is 5.75 Å². The molecule has 0 radical (unpaired) electrons. The number of ether oxygens (including phenoxy) is 1. The van der Waals surface area contributed by atoms with Gasteiger partial charge in [-0.05, 0) is 29.8 Å². The van der Waals surface area contributed by atoms with Crippen molar-refractivity contribution in [1.82, 2.24) is 10.9 Å². The van der Waals surface area contributed by atoms with Crippen molar-refractivity contribution in [2.24, 2.45) is 0 Å². The number of benzene rings is 2. The molecule has 0 aromatic heterocycles. The molecule has 1 unspecified atom stereocenters. The zero-order valence-electron chi connectivity index (χ0n) is 11.6. The second-order valence-electron chi connectivity index (χ2n) is 4.35. The SMILES string of the molecule is COc1ccc(C(C=O)NNC(=O)c2ccccc2)cc1. The largest absolute Gasteiger partial charge is 0.497 e. The number of aldehydes is 1. The van der Waals surface area contributed by atoms with E-state index in [0.717, 1.165) is 11.8 Å². The molecule has 0 aliphatic rings. The van der Waals surface area contributed by atoms with E-state index in [0.29, 0.717) is 11.3 Å². The molecule has 5 heteroatoms. The van der Waals surface area contributed by atoms with Crippen LogP contribution < -0.4 is 15.6 Å². The second kappa shape index (κ2) is 7.21. The number of carbonyl (C=O) groups is 2. The first-order chi connectivity index (χ1) is 10.2. The monoisotopic (exact) mass is 284 g/mol. The number of hydrogen-bond donors (Lipinski definition) is 2. The van der Waals surface area contributed by atoms with E-state index in [2.05, 4.69) is 10.9 Å². The van der Waals surface area contributed by atoms with E-state index in [1.807, 2.05) is 6.07 Å². The highest BCUT2D eigenvalue weighted by atomic mass is 16.5. The van der Waals surface area contributed by atoms with E-state index in [1.54, 1.807) is 55.6 Å². The molecule has 1 atom stereocenters. The van der Waals surface area contributed by atoms with Crippen LogP contribution >= 0.6 is 0 Å². The zero-order chi connectivity index (χ0) is 15.1. The molecule has 21 heavy (non-hydrogen) atoms. The molecule has 0 bridgehead atoms. The number of rotatable bonds is 6. The maximum absolute atomic E-state index is 11.9. The molecule has 0 spiro atoms. The highest BCUT2D eigenvalue weighted by Gasteiger charge is 2.12. The summed E-state index contributed by atoms with van der Waals surface area (Å²) in [6.45, 7) is 0. The Balaban J connectivity index is 1.99. The van der Waals surface area contributed by atoms with Gasteiger partial charge in [-0.3, -0.25) is 10.2 Å². The van der Waals surface area contributed by atoms with Crippen LogP contribution in [0.5, 0.6) is 5.75 Å². The fourth-order valence-corrected chi connectivity index (χ4v) is 1.81. The Morgan fingerprint density at radius 2 is 1.76 bits per heavy atom. The van der Waals surface area contributed by atoms with Crippen molar-refractivity contribution in [2.75, 3.05) is 7.11 Å². The summed E-state index contributed by atoms with van der Waals surface area (Å²) in [5, 5.41) is 0. The van der Waals surface area contributed by atoms with Crippen molar-refractivity contribution >= 4 is 12.2 Å². The number of carbonyl (C=O) groups excluding carboxylic acids is 2. The maximum Gasteiger partial charge on any atom is 0.265 e. The highest BCUT2D eigenvalue weighted by Crippen LogP contribution is 2.15. The maximum atomic E-state index is 11.9. The van der Waals surface area contributed by atoms with Crippen LogP contribution in [0.15, 0.2) is 54.6 Å². The Kier molecular flexibility index (Phi) is 5.06. The topological polar surface area (TPSA) is 67.4 Å². The van der Waals surface area contributed by atoms with Gasteiger partial charge in [0.05, 0.1) is 7.11 Å². The molecule has 5 nitrogen and oxygen atoms in total. The number of nitrogens with one attached hydrogen (secondary N) is 2. The minimum absolute atomic E-state index is 0.295. The van der Waals surface area contributed by atoms with E-state index in [4.69, 9.17) is 4.74 Å². The Bertz CT molecular complexity index is 597. The minimum Gasteiger partial charge on any atom is -0.497 e. The first kappa shape index (κ1) is 14.7. The molecule has 2 rings (SSSR count). The average Bonchev–Trinajstić information content (AvgIpc) is 2.56. The van der Waals surface area contributed by atoms with Gasteiger partial charge in [0.1, 0.15) is 18.1 Å². The van der Waals surface area contributed by atoms with Gasteiger partial charge in [0.15, 0.2) is 0 Å². The van der Waals surface area contributed by atoms with Crippen molar-refractivity contribution in [3.05, 3.63) is 65.7 Å². The Labute approximate surface area is 122 Å². The Morgan fingerprint density at radius 1 is 1.10 bits per heavy atom. The number of hydrogen-bond acceptors (Lipinski definition) is 4. The summed E-state index contributed by atoms with van der Waals surface area (Å²) < 4.78 is 5.06. The van der Waals surface area contributed by atoms with Crippen molar-refractivity contribution in [2.45, 2.75) is 6.04 Å². The summed E-state index contributed by atoms with van der Waals surface area (Å²) in [4.78, 5) is 23.1. The third-order valence-electron chi connectivity index (χ3n) is 2.99. The summed E-state index contributed by atoms with van der Waals surface area (Å²) in [6, 6.07) is 15.2. The van der Waals surface area contributed by atoms with Crippen LogP contribution in [0.3, 0.4) is 0 Å². The molecule has 0 saturated heterocycles. The fraction of sp³-hybridized carbons (Fsp3) is 0.125. The van der Waals surface area contributed by atoms with Gasteiger partial charge in [-0.15, -0.1) is 0 Å². The lowest BCUT2D eigenvalue weighted by atomic mass is 10.1. The number of hydrazine groups is 1. The standard InChI is InChI=1S/C16H16N2O3/c1-21-14-9-7-12(8-10-14)15(11-19)17-18-16(20)13-5-3-2-4-6-13/h2-11,15,17H,1H3,(H,18,20). The molecule has 0 saturated carbocycles. The van der Waals surface area contributed by atoms with E-state index in [-0.39, 0.29) is 5.91 Å². The summed E-state index contributed by atoms with van der Waals surface area (Å²) >= 11 is 0. The third kappa shape index (κ3) is 3.90. The van der Waals surface area contributed by atoms with E-state index in [1.165, 1.54) is 0 Å². The lowest BCUT2D eigenvalue weighted by Crippen LogP contribution is -2.40. The predicted molar refractivity (Wildman–Crippen MR) is 78.8 cm³/mol. The molecular formula is C16H16N2O3. The zero-order valence-corrected chi connectivity index (χ0v) is 11.6. The molecular weight excluding hydrogens is 268 g/mol. The number of amides is 1. The molecule has 2 aromatic carbocycles. The number of methoxy groups -OCH3 is 1. The summed E-state index contributed by atoms with van der Waals surface area (Å²) in [5.41, 5.74) is 6.49. The second-order valence-corrected chi connectivity index (χ2v) is 4.35. The van der Waals surface area contributed by atoms with Crippen molar-refractivity contribution in [3.63, 3.8) is 0 Å². The Morgan fingerprint density at radius 3 is 2.33 bits per heavy atom. The molecule has 0 fully saturated rings. The smallest absolute Gasteiger partial charge is 0.265 e. The summed E-state index contributed by atoms with van der Waals surface area (Å²) in [5.74, 6) is 0.410. The molecule has 108 valence electrons. The van der Waals surface area contributed by atoms with Crippen molar-refractivity contribution in [1.29, 1.82) is 0 Å². The summed E-state index contributed by atoms with van der Waals surface area (Å²) in [7, 11) is 1.57. The van der Waals surface area contributed by atoms with E-state index in [9.17, 15) is 9.59 Å². The van der Waals surface area contributed by atoms with Gasteiger partial charge < -0.3 is 9.53 Å². The normalized spacial score (nSPS) is 11.5. The lowest BCUT2D eigenvalue weighted by molar-refractivity contribution is -0.109. The fourth-order valence-electron chi connectivity index (χ4n) is 1.81. The molecule has 1 amide bonds. The van der Waals surface area contributed by atoms with Crippen LogP contribution in [0.25, 0.3) is 0 Å². The first-order valence-corrected chi connectivity index (χ1v) is 6.44. The minimum atomic E-state index is -0.622. The van der Waals surface area contributed by atoms with Gasteiger partial charge in [-0.1, -0.05) is 30.3 Å². The van der Waals surface area contributed by atoms with Gasteiger partial charge in [-0.25, -0.2) is 5.43 Å². The van der Waals surface area contributed by atoms with Gasteiger partial charge in [0, 0.05) is 5.56 Å². The highest BCUT2D eigenvalue weighted by molar-refractivity contribution is 5.93. The first-order valence-electron chi connectivity index (χ1n) is 6.44. The Hall–Kier alpha value is -2.66. The van der Waals surface area contributed by atoms with Gasteiger partial charge >= 0.3 is 0 Å². The molecule has 0 aliphatic heterocycles. The quantitative estimate of drug-likeness (QED) is 0.627.